The van der Waals surface area contributed by atoms with Crippen molar-refractivity contribution in [1.82, 2.24) is 33.6 Å². The minimum atomic E-state index is -0.221. The predicted molar refractivity (Wildman–Crippen MR) is 395 cm³/mol. The minimum absolute atomic E-state index is 0.0935. The molecule has 8 aromatic carbocycles. The number of nitrogens with zero attached hydrogens (tertiary/aromatic N) is 7. The molecule has 0 fully saturated rings. The maximum atomic E-state index is 5.70. The highest BCUT2D eigenvalue weighted by Crippen LogP contribution is 2.48. The summed E-state index contributed by atoms with van der Waals surface area (Å²) >= 11 is 0. The fourth-order valence-electron chi connectivity index (χ4n) is 13.5. The van der Waals surface area contributed by atoms with E-state index in [-0.39, 0.29) is 32.5 Å². The first-order valence-corrected chi connectivity index (χ1v) is 33.2. The predicted octanol–water partition coefficient (Wildman–Crippen LogP) is 23.0. The van der Waals surface area contributed by atoms with Crippen molar-refractivity contribution in [2.75, 3.05) is 0 Å². The van der Waals surface area contributed by atoms with E-state index in [4.69, 9.17) is 19.9 Å². The second-order valence-corrected chi connectivity index (χ2v) is 32.2. The Labute approximate surface area is 549 Å². The van der Waals surface area contributed by atoms with E-state index in [2.05, 4.69) is 314 Å². The lowest BCUT2D eigenvalue weighted by molar-refractivity contribution is 0.570. The zero-order valence-corrected chi connectivity index (χ0v) is 57.7. The lowest BCUT2D eigenvalue weighted by Crippen LogP contribution is -2.14. The fraction of sp³-hybridized carbons (Fsp3) is 0.279. The van der Waals surface area contributed by atoms with Crippen molar-refractivity contribution in [2.24, 2.45) is 0 Å². The number of benzene rings is 8. The topological polar surface area (TPSA) is 66.3 Å². The maximum Gasteiger partial charge on any atom is 0.160 e. The Hall–Kier alpha value is -9.46. The van der Waals surface area contributed by atoms with Gasteiger partial charge in [0.15, 0.2) is 5.82 Å². The molecule has 0 N–H and O–H groups in total. The molecule has 0 amide bonds. The van der Waals surface area contributed by atoms with E-state index < -0.39 is 0 Å². The van der Waals surface area contributed by atoms with Crippen molar-refractivity contribution < 1.29 is 0 Å². The SMILES string of the molecule is CC(C)(C)c1ccc2c(c1)c1cc(C(C)(C)C)ccc1n2-c1cc(-c2ccc(-c3cc(-c4ccccc4)nc(-c4ccccc4)n3)cc2)cc(-n2c3ccc(C(C)(C)C)cc3c3cc(C(C)(C)C)ccc32)c1-n1c2ccc(C(C)(C)C)nc2c2nc(C(C)(C)C)ccc21. The number of fused-ring (bicyclic) bond motifs is 9. The van der Waals surface area contributed by atoms with Gasteiger partial charge in [0, 0.05) is 60.5 Å². The molecule has 0 spiro atoms. The van der Waals surface area contributed by atoms with Crippen LogP contribution in [0.5, 0.6) is 0 Å². The standard InChI is InChI=1S/C86H87N7/c1-81(2,3)57-33-37-67-61(47-57)62-48-58(82(4,5)6)34-38-68(62)91(67)73-45-56(52-29-31-54(32-30-52)66-51-65(53-25-21-19-22-26-53)87-80(88-66)55-27-23-20-24-28-55)46-74(92-69-39-35-59(83(7,8)9)49-63(69)64-50-60(84(10,11)12)36-40-70(64)92)79(73)93-71-41-43-75(85(13,14)15)89-77(71)78-72(93)42-44-76(90-78)86(16,17)18/h19-51H,1-18H3. The summed E-state index contributed by atoms with van der Waals surface area (Å²) in [6.07, 6.45) is 0. The van der Waals surface area contributed by atoms with E-state index in [9.17, 15) is 0 Å². The van der Waals surface area contributed by atoms with Gasteiger partial charge < -0.3 is 13.7 Å². The lowest BCUT2D eigenvalue weighted by atomic mass is 9.85. The highest BCUT2D eigenvalue weighted by molar-refractivity contribution is 6.13. The average molecular weight is 1220 g/mol. The largest absolute Gasteiger partial charge is 0.307 e. The summed E-state index contributed by atoms with van der Waals surface area (Å²) in [5.74, 6) is 0.687. The minimum Gasteiger partial charge on any atom is -0.307 e. The highest BCUT2D eigenvalue weighted by Gasteiger charge is 2.31. The summed E-state index contributed by atoms with van der Waals surface area (Å²) in [7, 11) is 0. The first kappa shape index (κ1) is 61.1. The zero-order chi connectivity index (χ0) is 65.6. The molecular weight excluding hydrogens is 1130 g/mol. The van der Waals surface area contributed by atoms with Crippen LogP contribution in [-0.4, -0.2) is 33.6 Å². The van der Waals surface area contributed by atoms with Crippen LogP contribution in [-0.2, 0) is 32.5 Å². The third-order valence-electron chi connectivity index (χ3n) is 19.1. The third-order valence-corrected chi connectivity index (χ3v) is 19.1. The van der Waals surface area contributed by atoms with E-state index in [0.717, 1.165) is 112 Å². The average Bonchev–Trinajstić information content (AvgIpc) is 1.57. The van der Waals surface area contributed by atoms with Crippen LogP contribution in [0.1, 0.15) is 158 Å². The van der Waals surface area contributed by atoms with Gasteiger partial charge in [-0.2, -0.15) is 0 Å². The van der Waals surface area contributed by atoms with Gasteiger partial charge in [-0.3, -0.25) is 0 Å². The molecule has 6 aromatic heterocycles. The molecule has 0 aliphatic heterocycles. The molecule has 0 aliphatic rings. The Balaban J connectivity index is 1.16. The zero-order valence-electron chi connectivity index (χ0n) is 57.7. The van der Waals surface area contributed by atoms with Gasteiger partial charge in [-0.25, -0.2) is 19.9 Å². The molecule has 0 saturated carbocycles. The third kappa shape index (κ3) is 10.8. The smallest absolute Gasteiger partial charge is 0.160 e. The quantitative estimate of drug-likeness (QED) is 0.159. The second-order valence-electron chi connectivity index (χ2n) is 32.2. The Morgan fingerprint density at radius 3 is 0.914 bits per heavy atom. The van der Waals surface area contributed by atoms with Gasteiger partial charge in [0.2, 0.25) is 0 Å². The normalized spacial score (nSPS) is 13.1. The molecule has 7 nitrogen and oxygen atoms in total. The summed E-state index contributed by atoms with van der Waals surface area (Å²) in [6.45, 7) is 41.4. The first-order chi connectivity index (χ1) is 43.9. The number of hydrogen-bond donors (Lipinski definition) is 0. The van der Waals surface area contributed by atoms with Gasteiger partial charge in [0.05, 0.1) is 61.6 Å². The van der Waals surface area contributed by atoms with E-state index in [1.807, 2.05) is 24.3 Å². The Morgan fingerprint density at radius 2 is 0.570 bits per heavy atom. The number of pyridine rings is 2. The molecule has 7 heteroatoms. The van der Waals surface area contributed by atoms with Crippen LogP contribution < -0.4 is 0 Å². The van der Waals surface area contributed by atoms with E-state index in [1.54, 1.807) is 0 Å². The fourth-order valence-corrected chi connectivity index (χ4v) is 13.5. The van der Waals surface area contributed by atoms with E-state index in [1.165, 1.54) is 43.8 Å². The molecule has 0 unspecified atom stereocenters. The van der Waals surface area contributed by atoms with Gasteiger partial charge in [-0.15, -0.1) is 0 Å². The maximum absolute atomic E-state index is 5.70. The van der Waals surface area contributed by atoms with Crippen LogP contribution in [0.4, 0.5) is 0 Å². The summed E-state index contributed by atoms with van der Waals surface area (Å²) in [5, 5.41) is 4.88. The van der Waals surface area contributed by atoms with E-state index in [0.29, 0.717) is 5.82 Å². The lowest BCUT2D eigenvalue weighted by Gasteiger charge is -2.25. The van der Waals surface area contributed by atoms with Gasteiger partial charge >= 0.3 is 0 Å². The van der Waals surface area contributed by atoms with Crippen molar-refractivity contribution in [3.8, 4) is 62.1 Å². The highest BCUT2D eigenvalue weighted by atomic mass is 15.1. The van der Waals surface area contributed by atoms with Crippen LogP contribution >= 0.6 is 0 Å². The Kier molecular flexibility index (Phi) is 14.2. The molecule has 6 heterocycles. The van der Waals surface area contributed by atoms with Crippen LogP contribution in [0.25, 0.3) is 128 Å². The van der Waals surface area contributed by atoms with Crippen LogP contribution in [0.15, 0.2) is 200 Å². The summed E-state index contributed by atoms with van der Waals surface area (Å²) in [5.41, 5.74) is 24.6. The molecule has 93 heavy (non-hydrogen) atoms. The number of hydrogen-bond acceptors (Lipinski definition) is 4. The molecular formula is C86H87N7. The first-order valence-electron chi connectivity index (χ1n) is 33.2. The Bertz CT molecular complexity index is 4840. The van der Waals surface area contributed by atoms with Gasteiger partial charge in [-0.1, -0.05) is 234 Å². The second kappa shape index (κ2) is 21.6. The van der Waals surface area contributed by atoms with Crippen LogP contribution in [0, 0.1) is 0 Å². The van der Waals surface area contributed by atoms with Gasteiger partial charge in [0.1, 0.15) is 11.0 Å². The molecule has 0 saturated heterocycles. The molecule has 466 valence electrons. The molecule has 0 aliphatic carbocycles. The van der Waals surface area contributed by atoms with Crippen molar-refractivity contribution >= 4 is 65.7 Å². The van der Waals surface area contributed by atoms with Crippen molar-refractivity contribution in [3.05, 3.63) is 234 Å². The monoisotopic (exact) mass is 1220 g/mol. The Morgan fingerprint density at radius 1 is 0.247 bits per heavy atom. The molecule has 0 radical (unpaired) electrons. The van der Waals surface area contributed by atoms with Crippen molar-refractivity contribution in [3.63, 3.8) is 0 Å². The molecule has 0 bridgehead atoms. The van der Waals surface area contributed by atoms with Crippen molar-refractivity contribution in [1.29, 1.82) is 0 Å². The molecule has 0 atom stereocenters. The molecule has 14 aromatic rings. The van der Waals surface area contributed by atoms with Crippen LogP contribution in [0.2, 0.25) is 0 Å². The van der Waals surface area contributed by atoms with Crippen molar-refractivity contribution in [2.45, 2.75) is 157 Å². The summed E-state index contributed by atoms with van der Waals surface area (Å²) in [4.78, 5) is 21.8. The molecule has 14 rings (SSSR count). The number of aromatic nitrogens is 7. The van der Waals surface area contributed by atoms with E-state index >= 15 is 0 Å². The summed E-state index contributed by atoms with van der Waals surface area (Å²) in [6, 6.07) is 74.8. The number of rotatable bonds is 7. The van der Waals surface area contributed by atoms with Crippen LogP contribution in [0.3, 0.4) is 0 Å². The van der Waals surface area contributed by atoms with Gasteiger partial charge in [-0.05, 0) is 146 Å². The summed E-state index contributed by atoms with van der Waals surface area (Å²) < 4.78 is 7.67. The van der Waals surface area contributed by atoms with Gasteiger partial charge in [0.25, 0.3) is 0 Å².